The average Bonchev–Trinajstić information content (AvgIpc) is 2.83. The molecule has 0 fully saturated rings. The van der Waals surface area contributed by atoms with Gasteiger partial charge in [-0.1, -0.05) is 19.1 Å². The van der Waals surface area contributed by atoms with Crippen molar-refractivity contribution in [3.63, 3.8) is 0 Å². The highest BCUT2D eigenvalue weighted by atomic mass is 32.2. The molecule has 0 amide bonds. The molecule has 0 spiro atoms. The van der Waals surface area contributed by atoms with E-state index in [1.165, 1.54) is 0 Å². The molecule has 0 saturated heterocycles. The van der Waals surface area contributed by atoms with Crippen molar-refractivity contribution in [1.82, 2.24) is 0 Å². The van der Waals surface area contributed by atoms with Crippen molar-refractivity contribution in [3.05, 3.63) is 29.3 Å². The van der Waals surface area contributed by atoms with Gasteiger partial charge in [-0.05, 0) is 30.0 Å². The van der Waals surface area contributed by atoms with Crippen LogP contribution in [-0.4, -0.2) is 37.1 Å². The molecule has 1 heterocycles. The maximum Gasteiger partial charge on any atom is 0.321 e. The van der Waals surface area contributed by atoms with Gasteiger partial charge in [0.15, 0.2) is 15.1 Å². The van der Waals surface area contributed by atoms with E-state index in [-0.39, 0.29) is 12.2 Å². The number of fused-ring (bicyclic) bond motifs is 1. The number of aryl methyl sites for hydroxylation is 1. The third-order valence-electron chi connectivity index (χ3n) is 3.51. The largest absolute Gasteiger partial charge is 0.493 e. The summed E-state index contributed by atoms with van der Waals surface area (Å²) in [5.74, 6) is -0.555. The highest BCUT2D eigenvalue weighted by Gasteiger charge is 2.30. The molecule has 1 atom stereocenters. The maximum absolute atomic E-state index is 12.0. The Morgan fingerprint density at radius 2 is 2.20 bits per heavy atom. The average molecular weight is 298 g/mol. The van der Waals surface area contributed by atoms with Crippen molar-refractivity contribution in [2.45, 2.75) is 31.4 Å². The third kappa shape index (κ3) is 3.12. The molecule has 20 heavy (non-hydrogen) atoms. The van der Waals surface area contributed by atoms with Gasteiger partial charge in [-0.25, -0.2) is 8.42 Å². The molecule has 0 saturated carbocycles. The number of carboxylic acids is 1. The molecule has 1 aliphatic heterocycles. The number of sulfone groups is 1. The fourth-order valence-corrected chi connectivity index (χ4v) is 4.00. The quantitative estimate of drug-likeness (QED) is 0.859. The van der Waals surface area contributed by atoms with E-state index in [1.54, 1.807) is 6.92 Å². The number of carbonyl (C=O) groups is 1. The number of ether oxygens (including phenoxy) is 1. The van der Waals surface area contributed by atoms with Crippen LogP contribution in [0.1, 0.15) is 24.5 Å². The van der Waals surface area contributed by atoms with Crippen LogP contribution in [0.25, 0.3) is 0 Å². The molecule has 1 aromatic carbocycles. The maximum atomic E-state index is 12.0. The molecule has 1 unspecified atom stereocenters. The molecule has 1 aromatic rings. The lowest BCUT2D eigenvalue weighted by atomic mass is 10.1. The molecule has 0 aliphatic carbocycles. The highest BCUT2D eigenvalue weighted by Crippen LogP contribution is 2.26. The van der Waals surface area contributed by atoms with E-state index in [0.717, 1.165) is 23.3 Å². The normalized spacial score (nSPS) is 15.4. The van der Waals surface area contributed by atoms with Gasteiger partial charge >= 0.3 is 5.97 Å². The van der Waals surface area contributed by atoms with Gasteiger partial charge in [-0.15, -0.1) is 0 Å². The molecule has 2 rings (SSSR count). The van der Waals surface area contributed by atoms with E-state index in [9.17, 15) is 13.2 Å². The lowest BCUT2D eigenvalue weighted by Gasteiger charge is -2.11. The monoisotopic (exact) mass is 298 g/mol. The number of rotatable bonds is 6. The molecule has 0 radical (unpaired) electrons. The molecule has 1 N–H and O–H groups in total. The summed E-state index contributed by atoms with van der Waals surface area (Å²) in [6.45, 7) is 2.23. The van der Waals surface area contributed by atoms with E-state index in [2.05, 4.69) is 0 Å². The van der Waals surface area contributed by atoms with E-state index in [0.29, 0.717) is 13.0 Å². The van der Waals surface area contributed by atoms with Crippen LogP contribution in [0.2, 0.25) is 0 Å². The number of hydrogen-bond acceptors (Lipinski definition) is 4. The van der Waals surface area contributed by atoms with Crippen LogP contribution in [0.4, 0.5) is 0 Å². The van der Waals surface area contributed by atoms with Gasteiger partial charge in [0, 0.05) is 6.42 Å². The van der Waals surface area contributed by atoms with E-state index < -0.39 is 21.1 Å². The Kier molecular flexibility index (Phi) is 4.32. The van der Waals surface area contributed by atoms with Crippen molar-refractivity contribution in [1.29, 1.82) is 0 Å². The smallest absolute Gasteiger partial charge is 0.321 e. The minimum Gasteiger partial charge on any atom is -0.493 e. The highest BCUT2D eigenvalue weighted by molar-refractivity contribution is 7.92. The molecule has 1 aliphatic rings. The van der Waals surface area contributed by atoms with Crippen LogP contribution in [0.15, 0.2) is 18.2 Å². The van der Waals surface area contributed by atoms with Crippen molar-refractivity contribution < 1.29 is 23.1 Å². The van der Waals surface area contributed by atoms with E-state index in [4.69, 9.17) is 9.84 Å². The fourth-order valence-electron chi connectivity index (χ4n) is 2.38. The van der Waals surface area contributed by atoms with Crippen LogP contribution >= 0.6 is 0 Å². The van der Waals surface area contributed by atoms with Crippen LogP contribution in [-0.2, 0) is 27.5 Å². The van der Waals surface area contributed by atoms with Gasteiger partial charge in [0.2, 0.25) is 0 Å². The Morgan fingerprint density at radius 1 is 1.45 bits per heavy atom. The summed E-state index contributed by atoms with van der Waals surface area (Å²) in [5, 5.41) is 7.63. The second kappa shape index (κ2) is 5.83. The van der Waals surface area contributed by atoms with E-state index >= 15 is 0 Å². The van der Waals surface area contributed by atoms with Crippen LogP contribution in [0.3, 0.4) is 0 Å². The summed E-state index contributed by atoms with van der Waals surface area (Å²) in [5.41, 5.74) is 1.99. The van der Waals surface area contributed by atoms with Gasteiger partial charge in [0.25, 0.3) is 0 Å². The van der Waals surface area contributed by atoms with Crippen molar-refractivity contribution in [2.75, 3.05) is 12.4 Å². The number of hydrogen-bond donors (Lipinski definition) is 1. The minimum atomic E-state index is -3.61. The molecule has 0 aromatic heterocycles. The molecule has 5 nitrogen and oxygen atoms in total. The van der Waals surface area contributed by atoms with Crippen LogP contribution in [0, 0.1) is 0 Å². The van der Waals surface area contributed by atoms with Crippen LogP contribution < -0.4 is 4.74 Å². The second-order valence-electron chi connectivity index (χ2n) is 4.89. The SMILES string of the molecule is CCC(C(=O)O)S(=O)(=O)CCc1ccc2c(c1)CCO2. The minimum absolute atomic E-state index is 0.0930. The summed E-state index contributed by atoms with van der Waals surface area (Å²) < 4.78 is 29.4. The first-order chi connectivity index (χ1) is 9.44. The van der Waals surface area contributed by atoms with E-state index in [1.807, 2.05) is 18.2 Å². The van der Waals surface area contributed by atoms with Crippen molar-refractivity contribution in [3.8, 4) is 5.75 Å². The van der Waals surface area contributed by atoms with Gasteiger partial charge in [0.05, 0.1) is 12.4 Å². The first-order valence-corrected chi connectivity index (χ1v) is 8.34. The van der Waals surface area contributed by atoms with Crippen molar-refractivity contribution in [2.24, 2.45) is 0 Å². The summed E-state index contributed by atoms with van der Waals surface area (Å²) in [7, 11) is -3.61. The van der Waals surface area contributed by atoms with Gasteiger partial charge < -0.3 is 9.84 Å². The molecular formula is C14H18O5S. The summed E-state index contributed by atoms with van der Waals surface area (Å²) in [6, 6.07) is 5.62. The Morgan fingerprint density at radius 3 is 2.85 bits per heavy atom. The first-order valence-electron chi connectivity index (χ1n) is 6.63. The molecular weight excluding hydrogens is 280 g/mol. The number of carboxylic acid groups (broad SMARTS) is 1. The number of aliphatic carboxylic acids is 1. The summed E-state index contributed by atoms with van der Waals surface area (Å²) in [6.07, 6.45) is 1.26. The fraction of sp³-hybridized carbons (Fsp3) is 0.500. The topological polar surface area (TPSA) is 80.7 Å². The Balaban J connectivity index is 2.06. The lowest BCUT2D eigenvalue weighted by molar-refractivity contribution is -0.136. The molecule has 0 bridgehead atoms. The Hall–Kier alpha value is -1.56. The predicted octanol–water partition coefficient (Wildman–Crippen LogP) is 1.44. The lowest BCUT2D eigenvalue weighted by Crippen LogP contribution is -2.32. The zero-order chi connectivity index (χ0) is 14.8. The first kappa shape index (κ1) is 14.8. The summed E-state index contributed by atoms with van der Waals surface area (Å²) in [4.78, 5) is 10.9. The number of benzene rings is 1. The predicted molar refractivity (Wildman–Crippen MR) is 74.8 cm³/mol. The second-order valence-corrected chi connectivity index (χ2v) is 7.20. The van der Waals surface area contributed by atoms with Crippen LogP contribution in [0.5, 0.6) is 5.75 Å². The van der Waals surface area contributed by atoms with Gasteiger partial charge in [-0.2, -0.15) is 0 Å². The Bertz CT molecular complexity index is 606. The zero-order valence-corrected chi connectivity index (χ0v) is 12.1. The Labute approximate surface area is 118 Å². The third-order valence-corrected chi connectivity index (χ3v) is 5.68. The standard InChI is InChI=1S/C14H18O5S/c1-2-13(14(15)16)20(17,18)8-6-10-3-4-12-11(9-10)5-7-19-12/h3-4,9,13H,2,5-8H2,1H3,(H,15,16). The summed E-state index contributed by atoms with van der Waals surface area (Å²) >= 11 is 0. The molecule has 6 heteroatoms. The van der Waals surface area contributed by atoms with Gasteiger partial charge in [0.1, 0.15) is 5.75 Å². The van der Waals surface area contributed by atoms with Crippen molar-refractivity contribution >= 4 is 15.8 Å². The molecule has 110 valence electrons. The van der Waals surface area contributed by atoms with Gasteiger partial charge in [-0.3, -0.25) is 4.79 Å². The zero-order valence-electron chi connectivity index (χ0n) is 11.3.